The molecule has 1 aliphatic rings. The van der Waals surface area contributed by atoms with Gasteiger partial charge in [-0.05, 0) is 31.0 Å². The number of methoxy groups -OCH3 is 1. The molecular weight excluding hydrogens is 349 g/mol. The minimum atomic E-state index is -0.446. The monoisotopic (exact) mass is 373 g/mol. The smallest absolute Gasteiger partial charge is 0.196 e. The minimum absolute atomic E-state index is 0.0553. The summed E-state index contributed by atoms with van der Waals surface area (Å²) in [6, 6.07) is 11.3. The van der Waals surface area contributed by atoms with Gasteiger partial charge in [0.15, 0.2) is 5.96 Å². The lowest BCUT2D eigenvalue weighted by Gasteiger charge is -2.16. The van der Waals surface area contributed by atoms with Crippen molar-refractivity contribution in [1.82, 2.24) is 5.32 Å². The van der Waals surface area contributed by atoms with Crippen LogP contribution in [0.1, 0.15) is 18.4 Å². The fraction of sp³-hybridized carbons (Fsp3) is 0.350. The molecule has 1 heterocycles. The maximum Gasteiger partial charge on any atom is 0.196 e. The van der Waals surface area contributed by atoms with Crippen LogP contribution in [-0.2, 0) is 11.3 Å². The highest BCUT2D eigenvalue weighted by atomic mass is 19.1. The molecule has 0 spiro atoms. The number of para-hydroxylation sites is 1. The molecule has 0 radical (unpaired) electrons. The van der Waals surface area contributed by atoms with Crippen molar-refractivity contribution in [3.63, 3.8) is 0 Å². The molecule has 2 aromatic rings. The normalized spacial score (nSPS) is 17.0. The van der Waals surface area contributed by atoms with Crippen molar-refractivity contribution < 1.29 is 19.0 Å². The predicted octanol–water partition coefficient (Wildman–Crippen LogP) is 3.28. The number of guanidine groups is 1. The molecular formula is C20H24FN3O3. The number of benzene rings is 2. The highest BCUT2D eigenvalue weighted by molar-refractivity contribution is 5.94. The number of halogens is 1. The summed E-state index contributed by atoms with van der Waals surface area (Å²) in [7, 11) is 1.61. The standard InChI is InChI=1S/C20H24FN3O3/c1-26-19-7-3-2-5-14(19)12-22-20(23-13-16-6-4-10-27-16)24-17-11-15(21)8-9-18(17)25/h2-3,5,7-9,11,16,25H,4,6,10,12-13H2,1H3,(H2,22,23,24). The second-order valence-electron chi connectivity index (χ2n) is 6.28. The van der Waals surface area contributed by atoms with E-state index in [1.165, 1.54) is 18.2 Å². The Balaban J connectivity index is 1.76. The fourth-order valence-corrected chi connectivity index (χ4v) is 2.89. The summed E-state index contributed by atoms with van der Waals surface area (Å²) in [5.41, 5.74) is 1.16. The van der Waals surface area contributed by atoms with E-state index in [-0.39, 0.29) is 17.5 Å². The Labute approximate surface area is 158 Å². The second-order valence-corrected chi connectivity index (χ2v) is 6.28. The molecule has 0 amide bonds. The zero-order chi connectivity index (χ0) is 19.1. The zero-order valence-corrected chi connectivity index (χ0v) is 15.2. The van der Waals surface area contributed by atoms with Crippen LogP contribution in [0.4, 0.5) is 10.1 Å². The molecule has 0 bridgehead atoms. The molecule has 3 N–H and O–H groups in total. The molecule has 1 fully saturated rings. The van der Waals surface area contributed by atoms with Crippen molar-refractivity contribution in [1.29, 1.82) is 0 Å². The first kappa shape index (κ1) is 19.0. The van der Waals surface area contributed by atoms with Gasteiger partial charge in [0.2, 0.25) is 0 Å². The molecule has 7 heteroatoms. The van der Waals surface area contributed by atoms with Gasteiger partial charge in [0.25, 0.3) is 0 Å². The molecule has 1 aliphatic heterocycles. The lowest BCUT2D eigenvalue weighted by atomic mass is 10.2. The summed E-state index contributed by atoms with van der Waals surface area (Å²) in [6.07, 6.45) is 2.14. The first-order valence-electron chi connectivity index (χ1n) is 8.93. The number of hydrogen-bond acceptors (Lipinski definition) is 4. The minimum Gasteiger partial charge on any atom is -0.506 e. The number of nitrogens with one attached hydrogen (secondary N) is 2. The van der Waals surface area contributed by atoms with Crippen LogP contribution in [0, 0.1) is 5.82 Å². The molecule has 27 heavy (non-hydrogen) atoms. The molecule has 2 aromatic carbocycles. The lowest BCUT2D eigenvalue weighted by molar-refractivity contribution is 0.114. The third kappa shape index (κ3) is 5.34. The van der Waals surface area contributed by atoms with Crippen LogP contribution in [0.5, 0.6) is 11.5 Å². The van der Waals surface area contributed by atoms with Gasteiger partial charge in [0, 0.05) is 24.8 Å². The number of aromatic hydroxyl groups is 1. The van der Waals surface area contributed by atoms with Crippen LogP contribution in [0.15, 0.2) is 47.5 Å². The van der Waals surface area contributed by atoms with Gasteiger partial charge in [-0.25, -0.2) is 9.38 Å². The number of phenolic OH excluding ortho intramolecular Hbond substituents is 1. The number of aliphatic imine (C=N–C) groups is 1. The molecule has 1 atom stereocenters. The summed E-state index contributed by atoms with van der Waals surface area (Å²) in [5, 5.41) is 16.2. The second kappa shape index (κ2) is 9.23. The van der Waals surface area contributed by atoms with Crippen molar-refractivity contribution in [2.45, 2.75) is 25.5 Å². The van der Waals surface area contributed by atoms with E-state index >= 15 is 0 Å². The SMILES string of the molecule is COc1ccccc1CN=C(NCC1CCCO1)Nc1cc(F)ccc1O. The van der Waals surface area contributed by atoms with Crippen molar-refractivity contribution in [3.8, 4) is 11.5 Å². The topological polar surface area (TPSA) is 75.1 Å². The molecule has 6 nitrogen and oxygen atoms in total. The first-order chi connectivity index (χ1) is 13.2. The molecule has 144 valence electrons. The highest BCUT2D eigenvalue weighted by Crippen LogP contribution is 2.24. The third-order valence-corrected chi connectivity index (χ3v) is 4.33. The number of phenols is 1. The largest absolute Gasteiger partial charge is 0.506 e. The number of ether oxygens (including phenoxy) is 2. The summed E-state index contributed by atoms with van der Waals surface area (Å²) < 4.78 is 24.5. The third-order valence-electron chi connectivity index (χ3n) is 4.33. The van der Waals surface area contributed by atoms with Crippen molar-refractivity contribution in [2.75, 3.05) is 25.6 Å². The average molecular weight is 373 g/mol. The van der Waals surface area contributed by atoms with Gasteiger partial charge in [0.05, 0.1) is 25.4 Å². The fourth-order valence-electron chi connectivity index (χ4n) is 2.89. The van der Waals surface area contributed by atoms with Gasteiger partial charge in [-0.15, -0.1) is 0 Å². The van der Waals surface area contributed by atoms with E-state index in [0.29, 0.717) is 19.0 Å². The zero-order valence-electron chi connectivity index (χ0n) is 15.2. The Morgan fingerprint density at radius 3 is 2.96 bits per heavy atom. The Kier molecular flexibility index (Phi) is 6.49. The lowest BCUT2D eigenvalue weighted by Crippen LogP contribution is -2.36. The van der Waals surface area contributed by atoms with Crippen molar-refractivity contribution in [3.05, 3.63) is 53.8 Å². The van der Waals surface area contributed by atoms with Gasteiger partial charge >= 0.3 is 0 Å². The van der Waals surface area contributed by atoms with Gasteiger partial charge in [-0.3, -0.25) is 0 Å². The van der Waals surface area contributed by atoms with E-state index in [0.717, 1.165) is 30.8 Å². The summed E-state index contributed by atoms with van der Waals surface area (Å²) in [4.78, 5) is 4.55. The van der Waals surface area contributed by atoms with Crippen LogP contribution in [0.3, 0.4) is 0 Å². The summed E-state index contributed by atoms with van der Waals surface area (Å²) >= 11 is 0. The maximum atomic E-state index is 13.5. The van der Waals surface area contributed by atoms with E-state index in [9.17, 15) is 9.50 Å². The molecule has 3 rings (SSSR count). The van der Waals surface area contributed by atoms with E-state index in [2.05, 4.69) is 15.6 Å². The maximum absolute atomic E-state index is 13.5. The van der Waals surface area contributed by atoms with Crippen LogP contribution in [0.2, 0.25) is 0 Å². The number of nitrogens with zero attached hydrogens (tertiary/aromatic N) is 1. The van der Waals surface area contributed by atoms with Crippen molar-refractivity contribution in [2.24, 2.45) is 4.99 Å². The highest BCUT2D eigenvalue weighted by Gasteiger charge is 2.16. The van der Waals surface area contributed by atoms with Gasteiger partial charge in [-0.2, -0.15) is 0 Å². The van der Waals surface area contributed by atoms with Crippen LogP contribution in [0.25, 0.3) is 0 Å². The van der Waals surface area contributed by atoms with Crippen LogP contribution < -0.4 is 15.4 Å². The number of rotatable bonds is 6. The van der Waals surface area contributed by atoms with E-state index in [1.54, 1.807) is 7.11 Å². The van der Waals surface area contributed by atoms with E-state index < -0.39 is 5.82 Å². The molecule has 0 saturated carbocycles. The summed E-state index contributed by atoms with van der Waals surface area (Å²) in [5.74, 6) is 0.671. The Bertz CT molecular complexity index is 792. The average Bonchev–Trinajstić information content (AvgIpc) is 3.20. The quantitative estimate of drug-likeness (QED) is 0.412. The van der Waals surface area contributed by atoms with Crippen LogP contribution >= 0.6 is 0 Å². The number of hydrogen-bond donors (Lipinski definition) is 3. The Morgan fingerprint density at radius 2 is 2.19 bits per heavy atom. The van der Waals surface area contributed by atoms with Crippen molar-refractivity contribution >= 4 is 11.6 Å². The molecule has 0 aliphatic carbocycles. The Morgan fingerprint density at radius 1 is 1.33 bits per heavy atom. The molecule has 0 aromatic heterocycles. The first-order valence-corrected chi connectivity index (χ1v) is 8.93. The predicted molar refractivity (Wildman–Crippen MR) is 103 cm³/mol. The Hall–Kier alpha value is -2.80. The van der Waals surface area contributed by atoms with Gasteiger partial charge < -0.3 is 25.2 Å². The van der Waals surface area contributed by atoms with Gasteiger partial charge in [0.1, 0.15) is 17.3 Å². The summed E-state index contributed by atoms with van der Waals surface area (Å²) in [6.45, 7) is 1.70. The van der Waals surface area contributed by atoms with Gasteiger partial charge in [-0.1, -0.05) is 18.2 Å². The number of anilines is 1. The molecule has 1 saturated heterocycles. The van der Waals surface area contributed by atoms with E-state index in [4.69, 9.17) is 9.47 Å². The van der Waals surface area contributed by atoms with E-state index in [1.807, 2.05) is 24.3 Å². The van der Waals surface area contributed by atoms with Crippen LogP contribution in [-0.4, -0.2) is 37.4 Å². The molecule has 1 unspecified atom stereocenters.